The number of methoxy groups -OCH3 is 1. The van der Waals surface area contributed by atoms with Gasteiger partial charge in [-0.1, -0.05) is 30.3 Å². The van der Waals surface area contributed by atoms with Gasteiger partial charge in [-0.05, 0) is 44.0 Å². The van der Waals surface area contributed by atoms with E-state index in [9.17, 15) is 9.90 Å². The quantitative estimate of drug-likeness (QED) is 0.615. The van der Waals surface area contributed by atoms with Crippen LogP contribution in [0.2, 0.25) is 0 Å². The zero-order chi connectivity index (χ0) is 23.1. The molecule has 2 N–H and O–H groups in total. The molecule has 1 atom stereocenters. The van der Waals surface area contributed by atoms with Gasteiger partial charge in [0.25, 0.3) is 0 Å². The monoisotopic (exact) mass is 442 g/mol. The zero-order valence-corrected chi connectivity index (χ0v) is 19.6. The number of piperazine rings is 1. The summed E-state index contributed by atoms with van der Waals surface area (Å²) in [6.45, 7) is 10.8. The number of rotatable bonds is 8. The Balaban J connectivity index is 1.53. The molecule has 0 aromatic heterocycles. The van der Waals surface area contributed by atoms with Crippen LogP contribution >= 0.6 is 0 Å². The third kappa shape index (κ3) is 5.72. The number of para-hydroxylation sites is 3. The third-order valence-electron chi connectivity index (χ3n) is 6.46. The van der Waals surface area contributed by atoms with Gasteiger partial charge in [0, 0.05) is 5.69 Å². The zero-order valence-electron chi connectivity index (χ0n) is 19.6. The van der Waals surface area contributed by atoms with Crippen LogP contribution < -0.4 is 14.8 Å². The van der Waals surface area contributed by atoms with Crippen molar-refractivity contribution in [2.24, 2.45) is 0 Å². The molecule has 3 rings (SSSR count). The van der Waals surface area contributed by atoms with Gasteiger partial charge in [-0.25, -0.2) is 4.79 Å². The number of likely N-dealkylation sites (N-methyl/N-ethyl adjacent to an activating group) is 1. The first-order valence-corrected chi connectivity index (χ1v) is 11.3. The maximum absolute atomic E-state index is 12.8. The molecule has 1 heterocycles. The molecule has 1 aliphatic heterocycles. The minimum atomic E-state index is -0.602. The molecule has 0 aliphatic carbocycles. The van der Waals surface area contributed by atoms with Crippen LogP contribution in [0.25, 0.3) is 0 Å². The number of hydrogen-bond donors (Lipinski definition) is 2. The topological polar surface area (TPSA) is 71.0 Å². The Morgan fingerprint density at radius 1 is 1.09 bits per heavy atom. The number of anilines is 1. The molecular formula is C25H36N3O4+. The van der Waals surface area contributed by atoms with Gasteiger partial charge in [0.2, 0.25) is 0 Å². The van der Waals surface area contributed by atoms with Crippen molar-refractivity contribution in [2.75, 3.05) is 58.3 Å². The number of aliphatic hydroxyl groups is 1. The Kier molecular flexibility index (Phi) is 7.99. The van der Waals surface area contributed by atoms with Crippen LogP contribution in [-0.4, -0.2) is 79.6 Å². The fourth-order valence-corrected chi connectivity index (χ4v) is 4.34. The van der Waals surface area contributed by atoms with Crippen molar-refractivity contribution in [1.29, 1.82) is 0 Å². The summed E-state index contributed by atoms with van der Waals surface area (Å²) in [5, 5.41) is 13.8. The Morgan fingerprint density at radius 3 is 2.31 bits per heavy atom. The van der Waals surface area contributed by atoms with Gasteiger partial charge in [0.15, 0.2) is 11.5 Å². The van der Waals surface area contributed by atoms with Crippen LogP contribution in [-0.2, 0) is 0 Å². The average Bonchev–Trinajstić information content (AvgIpc) is 2.80. The summed E-state index contributed by atoms with van der Waals surface area (Å²) in [4.78, 5) is 14.7. The molecule has 1 fully saturated rings. The number of aryl methyl sites for hydroxylation is 2. The summed E-state index contributed by atoms with van der Waals surface area (Å²) in [5.41, 5.74) is 3.02. The SMILES string of the molecule is CC[N+]1(CC(O)COc2ccccc2OC)CCN(C(=O)Nc2c(C)cccc2C)CC1. The summed E-state index contributed by atoms with van der Waals surface area (Å²) in [6, 6.07) is 13.4. The van der Waals surface area contributed by atoms with Crippen molar-refractivity contribution in [3.8, 4) is 11.5 Å². The van der Waals surface area contributed by atoms with E-state index < -0.39 is 6.10 Å². The highest BCUT2D eigenvalue weighted by atomic mass is 16.5. The van der Waals surface area contributed by atoms with Crippen molar-refractivity contribution >= 4 is 11.7 Å². The number of ether oxygens (including phenoxy) is 2. The summed E-state index contributed by atoms with van der Waals surface area (Å²) >= 11 is 0. The molecule has 1 unspecified atom stereocenters. The van der Waals surface area contributed by atoms with Crippen LogP contribution in [0.5, 0.6) is 11.5 Å². The molecule has 0 spiro atoms. The number of carbonyl (C=O) groups is 1. The van der Waals surface area contributed by atoms with Gasteiger partial charge in [0.1, 0.15) is 19.3 Å². The van der Waals surface area contributed by atoms with E-state index in [1.54, 1.807) is 7.11 Å². The first-order valence-electron chi connectivity index (χ1n) is 11.3. The Hall–Kier alpha value is -2.77. The van der Waals surface area contributed by atoms with Crippen molar-refractivity contribution in [2.45, 2.75) is 26.9 Å². The molecule has 7 nitrogen and oxygen atoms in total. The third-order valence-corrected chi connectivity index (χ3v) is 6.46. The van der Waals surface area contributed by atoms with Gasteiger partial charge >= 0.3 is 6.03 Å². The number of quaternary nitrogens is 1. The van der Waals surface area contributed by atoms with Crippen molar-refractivity contribution < 1.29 is 23.9 Å². The number of urea groups is 1. The summed E-state index contributed by atoms with van der Waals surface area (Å²) in [7, 11) is 1.60. The highest BCUT2D eigenvalue weighted by Crippen LogP contribution is 2.26. The summed E-state index contributed by atoms with van der Waals surface area (Å²) in [5.74, 6) is 1.28. The van der Waals surface area contributed by atoms with E-state index in [2.05, 4.69) is 12.2 Å². The van der Waals surface area contributed by atoms with Gasteiger partial charge in [-0.3, -0.25) is 0 Å². The molecule has 0 radical (unpaired) electrons. The lowest BCUT2D eigenvalue weighted by molar-refractivity contribution is -0.932. The predicted octanol–water partition coefficient (Wildman–Crippen LogP) is 3.44. The normalized spacial score (nSPS) is 16.3. The second-order valence-electron chi connectivity index (χ2n) is 8.59. The number of benzene rings is 2. The van der Waals surface area contributed by atoms with E-state index >= 15 is 0 Å². The minimum absolute atomic E-state index is 0.0589. The number of hydrogen-bond acceptors (Lipinski definition) is 4. The fraction of sp³-hybridized carbons (Fsp3) is 0.480. The maximum atomic E-state index is 12.8. The highest BCUT2D eigenvalue weighted by Gasteiger charge is 2.35. The average molecular weight is 443 g/mol. The van der Waals surface area contributed by atoms with Crippen molar-refractivity contribution in [1.82, 2.24) is 4.90 Å². The van der Waals surface area contributed by atoms with Crippen LogP contribution in [0.4, 0.5) is 10.5 Å². The molecule has 2 aromatic carbocycles. The molecule has 0 bridgehead atoms. The second kappa shape index (κ2) is 10.7. The molecule has 174 valence electrons. The molecule has 1 aliphatic rings. The van der Waals surface area contributed by atoms with E-state index in [4.69, 9.17) is 9.47 Å². The number of nitrogens with one attached hydrogen (secondary N) is 1. The lowest BCUT2D eigenvalue weighted by Gasteiger charge is -2.45. The van der Waals surface area contributed by atoms with Crippen LogP contribution in [0.3, 0.4) is 0 Å². The maximum Gasteiger partial charge on any atom is 0.322 e. The van der Waals surface area contributed by atoms with Crippen molar-refractivity contribution in [3.05, 3.63) is 53.6 Å². The molecular weight excluding hydrogens is 406 g/mol. The predicted molar refractivity (Wildman–Crippen MR) is 126 cm³/mol. The lowest BCUT2D eigenvalue weighted by atomic mass is 10.1. The number of carbonyl (C=O) groups excluding carboxylic acids is 1. The molecule has 2 aromatic rings. The first-order chi connectivity index (χ1) is 15.4. The largest absolute Gasteiger partial charge is 0.493 e. The molecule has 0 saturated carbocycles. The Labute approximate surface area is 191 Å². The van der Waals surface area contributed by atoms with E-state index in [1.807, 2.05) is 61.2 Å². The van der Waals surface area contributed by atoms with E-state index in [0.29, 0.717) is 31.1 Å². The van der Waals surface area contributed by atoms with E-state index in [-0.39, 0.29) is 12.6 Å². The van der Waals surface area contributed by atoms with Crippen LogP contribution in [0, 0.1) is 13.8 Å². The molecule has 32 heavy (non-hydrogen) atoms. The van der Waals surface area contributed by atoms with Crippen LogP contribution in [0.15, 0.2) is 42.5 Å². The lowest BCUT2D eigenvalue weighted by Crippen LogP contribution is -2.63. The van der Waals surface area contributed by atoms with Gasteiger partial charge in [-0.2, -0.15) is 0 Å². The first kappa shape index (κ1) is 23.9. The fourth-order valence-electron chi connectivity index (χ4n) is 4.34. The van der Waals surface area contributed by atoms with Gasteiger partial charge in [-0.15, -0.1) is 0 Å². The molecule has 2 amide bonds. The van der Waals surface area contributed by atoms with Gasteiger partial charge < -0.3 is 29.3 Å². The van der Waals surface area contributed by atoms with Crippen molar-refractivity contribution in [3.63, 3.8) is 0 Å². The Morgan fingerprint density at radius 2 is 1.72 bits per heavy atom. The molecule has 7 heteroatoms. The van der Waals surface area contributed by atoms with Crippen LogP contribution in [0.1, 0.15) is 18.1 Å². The number of aliphatic hydroxyl groups excluding tert-OH is 1. The number of nitrogens with zero attached hydrogens (tertiary/aromatic N) is 2. The summed E-state index contributed by atoms with van der Waals surface area (Å²) in [6.07, 6.45) is -0.602. The van der Waals surface area contributed by atoms with Gasteiger partial charge in [0.05, 0.1) is 39.8 Å². The summed E-state index contributed by atoms with van der Waals surface area (Å²) < 4.78 is 11.9. The number of amides is 2. The van der Waals surface area contributed by atoms with E-state index in [0.717, 1.165) is 40.9 Å². The smallest absolute Gasteiger partial charge is 0.322 e. The highest BCUT2D eigenvalue weighted by molar-refractivity contribution is 5.91. The van der Waals surface area contributed by atoms with E-state index in [1.165, 1.54) is 0 Å². The second-order valence-corrected chi connectivity index (χ2v) is 8.59. The molecule has 1 saturated heterocycles. The Bertz CT molecular complexity index is 890. The standard InChI is InChI=1S/C25H35N3O4/c1-5-28(17-21(29)18-32-23-12-7-6-11-22(23)31-4)15-13-27(14-16-28)25(30)26-24-19(2)9-8-10-20(24)3/h6-12,21,29H,5,13-18H2,1-4H3/p+1. The minimum Gasteiger partial charge on any atom is -0.493 e.